The minimum Gasteiger partial charge on any atom is -0.377 e. The van der Waals surface area contributed by atoms with Crippen molar-refractivity contribution in [1.29, 1.82) is 0 Å². The van der Waals surface area contributed by atoms with E-state index in [-0.39, 0.29) is 6.23 Å². The Labute approximate surface area is 61.6 Å². The van der Waals surface area contributed by atoms with Gasteiger partial charge in [0.05, 0.1) is 0 Å². The Morgan fingerprint density at radius 2 is 2.30 bits per heavy atom. The predicted molar refractivity (Wildman–Crippen MR) is 40.4 cm³/mol. The Morgan fingerprint density at radius 1 is 1.70 bits per heavy atom. The van der Waals surface area contributed by atoms with Crippen LogP contribution in [0.3, 0.4) is 0 Å². The van der Waals surface area contributed by atoms with Crippen molar-refractivity contribution in [3.63, 3.8) is 0 Å². The highest BCUT2D eigenvalue weighted by Crippen LogP contribution is 2.14. The molecule has 3 unspecified atom stereocenters. The van der Waals surface area contributed by atoms with Gasteiger partial charge in [0.15, 0.2) is 0 Å². The molecular weight excluding hydrogens is 128 g/mol. The molecule has 1 fully saturated rings. The van der Waals surface area contributed by atoms with E-state index in [1.165, 1.54) is 0 Å². The van der Waals surface area contributed by atoms with Gasteiger partial charge in [0.2, 0.25) is 0 Å². The van der Waals surface area contributed by atoms with Crippen LogP contribution in [0.25, 0.3) is 0 Å². The Hall–Kier alpha value is -0.120. The second kappa shape index (κ2) is 3.32. The Morgan fingerprint density at radius 3 is 2.70 bits per heavy atom. The van der Waals surface area contributed by atoms with Crippen LogP contribution in [0, 0.1) is 0 Å². The van der Waals surface area contributed by atoms with Crippen molar-refractivity contribution >= 4 is 0 Å². The third kappa shape index (κ3) is 2.25. The molecule has 0 amide bonds. The molecule has 0 saturated carbocycles. The molecule has 0 bridgehead atoms. The Balaban J connectivity index is 1.95. The zero-order chi connectivity index (χ0) is 7.56. The summed E-state index contributed by atoms with van der Waals surface area (Å²) in [6, 6.07) is 0.646. The van der Waals surface area contributed by atoms with Crippen LogP contribution in [0.5, 0.6) is 0 Å². The van der Waals surface area contributed by atoms with Crippen molar-refractivity contribution in [2.45, 2.75) is 44.5 Å². The summed E-state index contributed by atoms with van der Waals surface area (Å²) in [5.41, 5.74) is 5.69. The highest BCUT2D eigenvalue weighted by atomic mass is 16.3. The van der Waals surface area contributed by atoms with Crippen LogP contribution in [-0.2, 0) is 0 Å². The summed E-state index contributed by atoms with van der Waals surface area (Å²) < 4.78 is 0. The second-order valence-corrected chi connectivity index (χ2v) is 2.96. The van der Waals surface area contributed by atoms with Crippen LogP contribution in [0.1, 0.15) is 26.2 Å². The van der Waals surface area contributed by atoms with Crippen molar-refractivity contribution < 1.29 is 5.11 Å². The average Bonchev–Trinajstić information content (AvgIpc) is 2.61. The molecule has 0 radical (unpaired) electrons. The van der Waals surface area contributed by atoms with E-state index in [1.54, 1.807) is 0 Å². The molecule has 1 rings (SSSR count). The molecule has 60 valence electrons. The fourth-order valence-electron chi connectivity index (χ4n) is 1.00. The molecule has 4 N–H and O–H groups in total. The van der Waals surface area contributed by atoms with Crippen molar-refractivity contribution in [2.75, 3.05) is 0 Å². The van der Waals surface area contributed by atoms with Gasteiger partial charge in [-0.2, -0.15) is 0 Å². The fourth-order valence-corrected chi connectivity index (χ4v) is 1.00. The highest BCUT2D eigenvalue weighted by molar-refractivity contribution is 4.89. The normalized spacial score (nSPS) is 33.9. The fraction of sp³-hybridized carbons (Fsp3) is 1.00. The molecule has 0 aromatic carbocycles. The third-order valence-corrected chi connectivity index (χ3v) is 2.03. The largest absolute Gasteiger partial charge is 0.377 e. The van der Waals surface area contributed by atoms with Crippen molar-refractivity contribution in [1.82, 2.24) is 5.32 Å². The smallest absolute Gasteiger partial charge is 0.120 e. The SMILES string of the molecule is CCC(N)CCC1NC1O. The zero-order valence-electron chi connectivity index (χ0n) is 6.38. The van der Waals surface area contributed by atoms with E-state index in [9.17, 15) is 0 Å². The van der Waals surface area contributed by atoms with E-state index in [0.717, 1.165) is 19.3 Å². The van der Waals surface area contributed by atoms with E-state index in [4.69, 9.17) is 10.8 Å². The Kier molecular flexibility index (Phi) is 2.65. The van der Waals surface area contributed by atoms with Crippen LogP contribution in [0.4, 0.5) is 0 Å². The molecule has 3 atom stereocenters. The molecule has 1 saturated heterocycles. The van der Waals surface area contributed by atoms with E-state index in [1.807, 2.05) is 0 Å². The number of hydrogen-bond donors (Lipinski definition) is 3. The average molecular weight is 144 g/mol. The van der Waals surface area contributed by atoms with Gasteiger partial charge in [-0.1, -0.05) is 6.92 Å². The molecular formula is C7H16N2O. The second-order valence-electron chi connectivity index (χ2n) is 2.96. The lowest BCUT2D eigenvalue weighted by Crippen LogP contribution is -2.19. The number of rotatable bonds is 4. The number of nitrogens with two attached hydrogens (primary N) is 1. The summed E-state index contributed by atoms with van der Waals surface area (Å²) in [6.07, 6.45) is 2.81. The van der Waals surface area contributed by atoms with Gasteiger partial charge in [-0.3, -0.25) is 5.32 Å². The van der Waals surface area contributed by atoms with Crippen LogP contribution < -0.4 is 11.1 Å². The number of nitrogens with one attached hydrogen (secondary N) is 1. The van der Waals surface area contributed by atoms with E-state index in [2.05, 4.69) is 12.2 Å². The van der Waals surface area contributed by atoms with E-state index < -0.39 is 0 Å². The summed E-state index contributed by atoms with van der Waals surface area (Å²) in [6.45, 7) is 2.08. The number of hydrogen-bond acceptors (Lipinski definition) is 3. The summed E-state index contributed by atoms with van der Waals surface area (Å²) in [4.78, 5) is 0. The predicted octanol–water partition coefficient (Wildman–Crippen LogP) is -0.206. The van der Waals surface area contributed by atoms with Crippen molar-refractivity contribution in [3.8, 4) is 0 Å². The van der Waals surface area contributed by atoms with Gasteiger partial charge >= 0.3 is 0 Å². The molecule has 1 aliphatic heterocycles. The molecule has 1 heterocycles. The monoisotopic (exact) mass is 144 g/mol. The summed E-state index contributed by atoms with van der Waals surface area (Å²) in [7, 11) is 0. The molecule has 0 aliphatic carbocycles. The standard InChI is InChI=1S/C7H16N2O/c1-2-5(8)3-4-6-7(10)9-6/h5-7,9-10H,2-4,8H2,1H3. The third-order valence-electron chi connectivity index (χ3n) is 2.03. The maximum Gasteiger partial charge on any atom is 0.120 e. The lowest BCUT2D eigenvalue weighted by atomic mass is 10.1. The van der Waals surface area contributed by atoms with Crippen LogP contribution >= 0.6 is 0 Å². The lowest BCUT2D eigenvalue weighted by molar-refractivity contribution is 0.261. The van der Waals surface area contributed by atoms with Gasteiger partial charge < -0.3 is 10.8 Å². The van der Waals surface area contributed by atoms with E-state index >= 15 is 0 Å². The van der Waals surface area contributed by atoms with Crippen molar-refractivity contribution in [2.24, 2.45) is 5.73 Å². The highest BCUT2D eigenvalue weighted by Gasteiger charge is 2.33. The van der Waals surface area contributed by atoms with Gasteiger partial charge in [-0.25, -0.2) is 0 Å². The van der Waals surface area contributed by atoms with Crippen LogP contribution in [0.15, 0.2) is 0 Å². The topological polar surface area (TPSA) is 68.2 Å². The number of aliphatic hydroxyl groups excluding tert-OH is 1. The van der Waals surface area contributed by atoms with Gasteiger partial charge in [-0.05, 0) is 19.3 Å². The van der Waals surface area contributed by atoms with E-state index in [0.29, 0.717) is 12.1 Å². The van der Waals surface area contributed by atoms with Crippen LogP contribution in [-0.4, -0.2) is 23.4 Å². The maximum atomic E-state index is 8.86. The molecule has 3 heteroatoms. The van der Waals surface area contributed by atoms with Gasteiger partial charge in [0.1, 0.15) is 6.23 Å². The first-order valence-corrected chi connectivity index (χ1v) is 3.93. The maximum absolute atomic E-state index is 8.86. The summed E-state index contributed by atoms with van der Waals surface area (Å²) in [5, 5.41) is 11.8. The first-order chi connectivity index (χ1) is 4.74. The first kappa shape index (κ1) is 7.98. The lowest BCUT2D eigenvalue weighted by Gasteiger charge is -2.05. The number of aliphatic hydroxyl groups is 1. The molecule has 0 spiro atoms. The van der Waals surface area contributed by atoms with Gasteiger partial charge in [0, 0.05) is 12.1 Å². The molecule has 10 heavy (non-hydrogen) atoms. The molecule has 0 aromatic rings. The van der Waals surface area contributed by atoms with Crippen LogP contribution in [0.2, 0.25) is 0 Å². The van der Waals surface area contributed by atoms with Crippen molar-refractivity contribution in [3.05, 3.63) is 0 Å². The minimum atomic E-state index is -0.246. The molecule has 0 aromatic heterocycles. The molecule has 1 aliphatic rings. The molecule has 3 nitrogen and oxygen atoms in total. The van der Waals surface area contributed by atoms with Gasteiger partial charge in [-0.15, -0.1) is 0 Å². The first-order valence-electron chi connectivity index (χ1n) is 3.93. The summed E-state index contributed by atoms with van der Waals surface area (Å²) in [5.74, 6) is 0. The van der Waals surface area contributed by atoms with Gasteiger partial charge in [0.25, 0.3) is 0 Å². The zero-order valence-corrected chi connectivity index (χ0v) is 6.38. The Bertz CT molecular complexity index is 104. The quantitative estimate of drug-likeness (QED) is 0.478. The summed E-state index contributed by atoms with van der Waals surface area (Å²) >= 11 is 0. The minimum absolute atomic E-state index is 0.246.